The topological polar surface area (TPSA) is 111 Å². The van der Waals surface area contributed by atoms with E-state index in [1.54, 1.807) is 16.9 Å². The number of nitrogens with zero attached hydrogens (tertiary/aromatic N) is 6. The number of aromatic nitrogens is 5. The molecule has 4 heterocycles. The summed E-state index contributed by atoms with van der Waals surface area (Å²) >= 11 is 7.70. The van der Waals surface area contributed by atoms with E-state index in [9.17, 15) is 0 Å². The van der Waals surface area contributed by atoms with Gasteiger partial charge in [-0.15, -0.1) is 0 Å². The lowest BCUT2D eigenvalue weighted by molar-refractivity contribution is 0.360. The third-order valence-corrected chi connectivity index (χ3v) is 6.12. The monoisotopic (exact) mass is 390 g/mol. The molecule has 0 saturated carbocycles. The first-order chi connectivity index (χ1) is 12.4. The Kier molecular flexibility index (Phi) is 4.37. The molecule has 0 radical (unpaired) electrons. The highest BCUT2D eigenvalue weighted by atomic mass is 35.5. The zero-order chi connectivity index (χ0) is 18.3. The smallest absolute Gasteiger partial charge is 0.228 e. The van der Waals surface area contributed by atoms with Crippen molar-refractivity contribution in [2.75, 3.05) is 23.7 Å². The second-order valence-corrected chi connectivity index (χ2v) is 8.13. The Bertz CT molecular complexity index is 947. The second-order valence-electron chi connectivity index (χ2n) is 6.67. The van der Waals surface area contributed by atoms with Crippen molar-refractivity contribution in [1.82, 2.24) is 24.6 Å². The number of nitrogens with two attached hydrogens (primary N) is 2. The van der Waals surface area contributed by atoms with Crippen LogP contribution in [0.4, 0.5) is 11.8 Å². The molecule has 8 nitrogen and oxygen atoms in total. The first-order valence-electron chi connectivity index (χ1n) is 8.25. The van der Waals surface area contributed by atoms with E-state index in [1.807, 2.05) is 6.07 Å². The molecule has 3 aromatic rings. The minimum Gasteiger partial charge on any atom is -0.382 e. The van der Waals surface area contributed by atoms with Crippen LogP contribution in [0.2, 0.25) is 5.02 Å². The molecule has 1 aliphatic heterocycles. The number of hydrogen-bond donors (Lipinski definition) is 2. The fraction of sp³-hybridized carbons (Fsp3) is 0.375. The van der Waals surface area contributed by atoms with Gasteiger partial charge in [-0.05, 0) is 25.8 Å². The van der Waals surface area contributed by atoms with E-state index < -0.39 is 0 Å². The van der Waals surface area contributed by atoms with Crippen molar-refractivity contribution in [3.8, 4) is 0 Å². The Morgan fingerprint density at radius 1 is 1.19 bits per heavy atom. The van der Waals surface area contributed by atoms with Crippen LogP contribution in [0.15, 0.2) is 34.6 Å². The van der Waals surface area contributed by atoms with Crippen LogP contribution < -0.4 is 16.4 Å². The van der Waals surface area contributed by atoms with Crippen LogP contribution in [0.25, 0.3) is 5.65 Å². The number of hydrogen-bond acceptors (Lipinski definition) is 8. The van der Waals surface area contributed by atoms with E-state index in [4.69, 9.17) is 23.1 Å². The van der Waals surface area contributed by atoms with Gasteiger partial charge in [0, 0.05) is 35.9 Å². The van der Waals surface area contributed by atoms with E-state index in [2.05, 4.69) is 31.9 Å². The van der Waals surface area contributed by atoms with Crippen LogP contribution in [-0.4, -0.2) is 43.2 Å². The molecule has 1 aliphatic rings. The fourth-order valence-corrected chi connectivity index (χ4v) is 4.05. The quantitative estimate of drug-likeness (QED) is 0.700. The maximum absolute atomic E-state index is 6.26. The fourth-order valence-electron chi connectivity index (χ4n) is 2.93. The van der Waals surface area contributed by atoms with Crippen molar-refractivity contribution in [2.45, 2.75) is 35.1 Å². The third kappa shape index (κ3) is 3.17. The van der Waals surface area contributed by atoms with Crippen LogP contribution in [0.1, 0.15) is 19.8 Å². The Hall–Kier alpha value is -2.10. The van der Waals surface area contributed by atoms with E-state index in [0.29, 0.717) is 10.8 Å². The van der Waals surface area contributed by atoms with Gasteiger partial charge in [0.2, 0.25) is 5.95 Å². The summed E-state index contributed by atoms with van der Waals surface area (Å²) in [5.74, 6) is 1.08. The summed E-state index contributed by atoms with van der Waals surface area (Å²) in [7, 11) is 0. The second kappa shape index (κ2) is 6.57. The van der Waals surface area contributed by atoms with Gasteiger partial charge in [-0.2, -0.15) is 9.61 Å². The highest BCUT2D eigenvalue weighted by Crippen LogP contribution is 2.37. The summed E-state index contributed by atoms with van der Waals surface area (Å²) in [6.45, 7) is 3.77. The highest BCUT2D eigenvalue weighted by Gasteiger charge is 2.28. The summed E-state index contributed by atoms with van der Waals surface area (Å²) in [4.78, 5) is 16.9. The highest BCUT2D eigenvalue weighted by molar-refractivity contribution is 7.99. The van der Waals surface area contributed by atoms with E-state index in [-0.39, 0.29) is 5.54 Å². The van der Waals surface area contributed by atoms with Gasteiger partial charge in [0.15, 0.2) is 5.65 Å². The molecule has 0 atom stereocenters. The third-order valence-electron chi connectivity index (χ3n) is 4.54. The number of nitrogen functional groups attached to an aromatic ring is 1. The zero-order valence-electron chi connectivity index (χ0n) is 14.3. The Labute approximate surface area is 160 Å². The average molecular weight is 391 g/mol. The van der Waals surface area contributed by atoms with Crippen molar-refractivity contribution in [3.63, 3.8) is 0 Å². The molecule has 0 aliphatic carbocycles. The molecule has 3 aromatic heterocycles. The predicted octanol–water partition coefficient (Wildman–Crippen LogP) is 2.22. The molecule has 1 saturated heterocycles. The molecule has 1 fully saturated rings. The zero-order valence-corrected chi connectivity index (χ0v) is 15.8. The van der Waals surface area contributed by atoms with Crippen LogP contribution in [0, 0.1) is 0 Å². The summed E-state index contributed by atoms with van der Waals surface area (Å²) in [6.07, 6.45) is 6.78. The number of piperidine rings is 1. The minimum atomic E-state index is -0.119. The normalized spacial score (nSPS) is 17.0. The van der Waals surface area contributed by atoms with Gasteiger partial charge < -0.3 is 16.4 Å². The number of halogens is 1. The minimum absolute atomic E-state index is 0.119. The average Bonchev–Trinajstić information content (AvgIpc) is 3.10. The Morgan fingerprint density at radius 3 is 2.73 bits per heavy atom. The van der Waals surface area contributed by atoms with Gasteiger partial charge in [0.05, 0.1) is 9.92 Å². The van der Waals surface area contributed by atoms with Gasteiger partial charge in [-0.25, -0.2) is 15.0 Å². The maximum Gasteiger partial charge on any atom is 0.228 e. The molecule has 4 rings (SSSR count). The number of pyridine rings is 1. The molecule has 10 heteroatoms. The first kappa shape index (κ1) is 17.3. The number of rotatable bonds is 3. The first-order valence-corrected chi connectivity index (χ1v) is 9.44. The summed E-state index contributed by atoms with van der Waals surface area (Å²) in [5, 5.41) is 4.79. The van der Waals surface area contributed by atoms with E-state index >= 15 is 0 Å². The molecule has 0 aromatic carbocycles. The van der Waals surface area contributed by atoms with Crippen LogP contribution in [0.5, 0.6) is 0 Å². The molecule has 0 spiro atoms. The predicted molar refractivity (Wildman–Crippen MR) is 103 cm³/mol. The molecule has 26 heavy (non-hydrogen) atoms. The van der Waals surface area contributed by atoms with Gasteiger partial charge in [0.1, 0.15) is 12.1 Å². The largest absolute Gasteiger partial charge is 0.382 e. The van der Waals surface area contributed by atoms with E-state index in [1.165, 1.54) is 18.1 Å². The molecule has 0 bridgehead atoms. The Morgan fingerprint density at radius 2 is 1.96 bits per heavy atom. The summed E-state index contributed by atoms with van der Waals surface area (Å²) in [6, 6.07) is 1.82. The molecule has 136 valence electrons. The van der Waals surface area contributed by atoms with Crippen molar-refractivity contribution >= 4 is 40.8 Å². The molecule has 4 N–H and O–H groups in total. The van der Waals surface area contributed by atoms with Crippen molar-refractivity contribution in [2.24, 2.45) is 5.73 Å². The van der Waals surface area contributed by atoms with Crippen LogP contribution >= 0.6 is 23.4 Å². The Balaban J connectivity index is 1.67. The van der Waals surface area contributed by atoms with Gasteiger partial charge in [-0.1, -0.05) is 23.4 Å². The molecule has 0 amide bonds. The molecular formula is C16H19ClN8S. The molecular weight excluding hydrogens is 372 g/mol. The van der Waals surface area contributed by atoms with Gasteiger partial charge in [0.25, 0.3) is 0 Å². The lowest BCUT2D eigenvalue weighted by atomic mass is 9.91. The number of fused-ring (bicyclic) bond motifs is 1. The standard InChI is InChI=1S/C16H19ClN8S/c1-16(19)3-6-24(7-4-16)15-21-8-11(14-22-9-23-25(14)15)26-10-2-5-20-13(18)12(10)17/h2,5,8-9H,3-4,6-7,19H2,1H3,(H2,18,20). The van der Waals surface area contributed by atoms with Crippen molar-refractivity contribution in [3.05, 3.63) is 29.8 Å². The van der Waals surface area contributed by atoms with E-state index in [0.717, 1.165) is 47.3 Å². The van der Waals surface area contributed by atoms with Gasteiger partial charge >= 0.3 is 0 Å². The summed E-state index contributed by atoms with van der Waals surface area (Å²) in [5.41, 5.74) is 12.6. The summed E-state index contributed by atoms with van der Waals surface area (Å²) < 4.78 is 1.76. The lowest BCUT2D eigenvalue weighted by Gasteiger charge is -2.37. The maximum atomic E-state index is 6.26. The lowest BCUT2D eigenvalue weighted by Crippen LogP contribution is -2.48. The van der Waals surface area contributed by atoms with Gasteiger partial charge in [-0.3, -0.25) is 0 Å². The van der Waals surface area contributed by atoms with Crippen LogP contribution in [0.3, 0.4) is 0 Å². The van der Waals surface area contributed by atoms with Crippen molar-refractivity contribution < 1.29 is 0 Å². The SMILES string of the molecule is CC1(N)CCN(c2ncc(Sc3ccnc(N)c3Cl)c3ncnn23)CC1. The molecule has 0 unspecified atom stereocenters. The number of anilines is 2. The van der Waals surface area contributed by atoms with Crippen LogP contribution in [-0.2, 0) is 0 Å². The van der Waals surface area contributed by atoms with Crippen molar-refractivity contribution in [1.29, 1.82) is 0 Å².